The summed E-state index contributed by atoms with van der Waals surface area (Å²) in [6.45, 7) is 10.9. The van der Waals surface area contributed by atoms with Crippen molar-refractivity contribution in [2.24, 2.45) is 11.8 Å². The molecule has 0 aliphatic carbocycles. The molecule has 0 bridgehead atoms. The Hall–Kier alpha value is -2.41. The zero-order valence-corrected chi connectivity index (χ0v) is 22.0. The van der Waals surface area contributed by atoms with E-state index in [2.05, 4.69) is 101 Å². The van der Waals surface area contributed by atoms with Gasteiger partial charge in [0.15, 0.2) is 0 Å². The van der Waals surface area contributed by atoms with Crippen molar-refractivity contribution in [3.8, 4) is 0 Å². The van der Waals surface area contributed by atoms with Crippen LogP contribution in [0, 0.1) is 11.8 Å². The summed E-state index contributed by atoms with van der Waals surface area (Å²) in [5.41, 5.74) is 2.74. The topological polar surface area (TPSA) is 56.8 Å². The molecule has 2 N–H and O–H groups in total. The van der Waals surface area contributed by atoms with E-state index in [4.69, 9.17) is 0 Å². The Bertz CT molecular complexity index is 864. The normalized spacial score (nSPS) is 25.3. The maximum absolute atomic E-state index is 11.3. The number of benzene rings is 2. The molecule has 2 aliphatic rings. The Balaban J connectivity index is 0.000000198. The van der Waals surface area contributed by atoms with Gasteiger partial charge in [0.1, 0.15) is 0 Å². The Morgan fingerprint density at radius 2 is 1.29 bits per heavy atom. The molecule has 0 radical (unpaired) electrons. The lowest BCUT2D eigenvalue weighted by Crippen LogP contribution is -2.51. The molecule has 2 saturated heterocycles. The molecule has 4 atom stereocenters. The summed E-state index contributed by atoms with van der Waals surface area (Å²) >= 11 is 0. The van der Waals surface area contributed by atoms with Gasteiger partial charge in [-0.1, -0.05) is 74.5 Å². The first-order valence-electron chi connectivity index (χ1n) is 13.0. The average molecular weight is 481 g/mol. The van der Waals surface area contributed by atoms with Crippen LogP contribution in [0.1, 0.15) is 37.8 Å². The van der Waals surface area contributed by atoms with Crippen LogP contribution in [0.2, 0.25) is 0 Å². The number of nitrogens with zero attached hydrogens (tertiary/aromatic N) is 2. The molecular formula is C29H44N4O2. The second-order valence-electron chi connectivity index (χ2n) is 10.1. The Kier molecular flexibility index (Phi) is 11.0. The largest absolute Gasteiger partial charge is 0.453 e. The summed E-state index contributed by atoms with van der Waals surface area (Å²) < 4.78 is 4.69. The van der Waals surface area contributed by atoms with Gasteiger partial charge in [-0.2, -0.15) is 0 Å². The first-order chi connectivity index (χ1) is 17.0. The zero-order valence-electron chi connectivity index (χ0n) is 22.0. The fraction of sp³-hybridized carbons (Fsp3) is 0.552. The molecule has 2 aliphatic heterocycles. The summed E-state index contributed by atoms with van der Waals surface area (Å²) in [5.74, 6) is 1.29. The third kappa shape index (κ3) is 8.95. The molecule has 0 saturated carbocycles. The summed E-state index contributed by atoms with van der Waals surface area (Å²) in [6, 6.07) is 22.0. The van der Waals surface area contributed by atoms with E-state index in [1.54, 1.807) is 0 Å². The van der Waals surface area contributed by atoms with Crippen molar-refractivity contribution in [2.45, 2.75) is 51.9 Å². The molecule has 35 heavy (non-hydrogen) atoms. The number of hydrogen-bond donors (Lipinski definition) is 2. The summed E-state index contributed by atoms with van der Waals surface area (Å²) in [7, 11) is 3.48. The predicted octanol–water partition coefficient (Wildman–Crippen LogP) is 4.37. The molecule has 0 spiro atoms. The van der Waals surface area contributed by atoms with Crippen LogP contribution in [0.5, 0.6) is 0 Å². The number of alkyl carbamates (subject to hydrolysis) is 1. The van der Waals surface area contributed by atoms with Gasteiger partial charge in [0.2, 0.25) is 0 Å². The number of carbonyl (C=O) groups excluding carboxylic acids is 1. The molecule has 2 heterocycles. The molecule has 192 valence electrons. The van der Waals surface area contributed by atoms with E-state index in [1.807, 2.05) is 6.07 Å². The van der Waals surface area contributed by atoms with E-state index in [1.165, 1.54) is 37.7 Å². The molecular weight excluding hydrogens is 436 g/mol. The van der Waals surface area contributed by atoms with Crippen LogP contribution >= 0.6 is 0 Å². The molecule has 4 rings (SSSR count). The molecule has 2 aromatic carbocycles. The first-order valence-corrected chi connectivity index (χ1v) is 13.0. The number of piperidine rings is 2. The van der Waals surface area contributed by atoms with Crippen molar-refractivity contribution in [1.82, 2.24) is 20.4 Å². The van der Waals surface area contributed by atoms with Crippen LogP contribution < -0.4 is 10.6 Å². The minimum atomic E-state index is -0.335. The Labute approximate surface area is 212 Å². The minimum Gasteiger partial charge on any atom is -0.453 e. The van der Waals surface area contributed by atoms with Crippen molar-refractivity contribution in [3.05, 3.63) is 71.8 Å². The third-order valence-corrected chi connectivity index (χ3v) is 7.44. The van der Waals surface area contributed by atoms with E-state index < -0.39 is 0 Å². The van der Waals surface area contributed by atoms with Gasteiger partial charge in [-0.05, 0) is 55.9 Å². The maximum Gasteiger partial charge on any atom is 0.407 e. The highest BCUT2D eigenvalue weighted by Crippen LogP contribution is 2.20. The third-order valence-electron chi connectivity index (χ3n) is 7.44. The highest BCUT2D eigenvalue weighted by molar-refractivity contribution is 5.67. The fourth-order valence-electron chi connectivity index (χ4n) is 5.02. The first kappa shape index (κ1) is 27.2. The van der Waals surface area contributed by atoms with E-state index in [9.17, 15) is 4.79 Å². The van der Waals surface area contributed by atoms with Crippen LogP contribution in [-0.2, 0) is 17.8 Å². The van der Waals surface area contributed by atoms with Crippen LogP contribution in [0.15, 0.2) is 60.7 Å². The number of hydrogen-bond acceptors (Lipinski definition) is 5. The summed E-state index contributed by atoms with van der Waals surface area (Å²) in [4.78, 5) is 16.3. The van der Waals surface area contributed by atoms with Crippen molar-refractivity contribution in [2.75, 3.05) is 40.3 Å². The van der Waals surface area contributed by atoms with Gasteiger partial charge < -0.3 is 15.4 Å². The lowest BCUT2D eigenvalue weighted by atomic mass is 9.93. The van der Waals surface area contributed by atoms with Gasteiger partial charge >= 0.3 is 6.09 Å². The van der Waals surface area contributed by atoms with Crippen LogP contribution in [0.25, 0.3) is 0 Å². The Morgan fingerprint density at radius 3 is 1.74 bits per heavy atom. The highest BCUT2D eigenvalue weighted by Gasteiger charge is 2.27. The van der Waals surface area contributed by atoms with E-state index in [0.717, 1.165) is 38.5 Å². The molecule has 4 unspecified atom stereocenters. The standard InChI is InChI=1S/C15H22N2O2.C14H22N2/c1-12-8-9-17(10-13-6-4-3-5-7-13)11-14(12)16-15(18)19-2;1-12-8-9-16(11-14(12)15-2)10-13-6-4-3-5-7-13/h3-7,12,14H,8-11H2,1-2H3,(H,16,18);3-7,12,14-15H,8-11H2,1-2H3. The fourth-order valence-corrected chi connectivity index (χ4v) is 5.02. The Morgan fingerprint density at radius 1 is 0.829 bits per heavy atom. The number of nitrogens with one attached hydrogen (secondary N) is 2. The average Bonchev–Trinajstić information content (AvgIpc) is 2.88. The second kappa shape index (κ2) is 14.2. The lowest BCUT2D eigenvalue weighted by Gasteiger charge is -2.37. The minimum absolute atomic E-state index is 0.171. The monoisotopic (exact) mass is 480 g/mol. The number of likely N-dealkylation sites (N-methyl/N-ethyl adjacent to an activating group) is 1. The lowest BCUT2D eigenvalue weighted by molar-refractivity contribution is 0.123. The van der Waals surface area contributed by atoms with Crippen molar-refractivity contribution >= 4 is 6.09 Å². The maximum atomic E-state index is 11.3. The van der Waals surface area contributed by atoms with E-state index in [-0.39, 0.29) is 12.1 Å². The van der Waals surface area contributed by atoms with Gasteiger partial charge in [0.25, 0.3) is 0 Å². The molecule has 1 amide bonds. The van der Waals surface area contributed by atoms with Gasteiger partial charge in [-0.3, -0.25) is 9.80 Å². The van der Waals surface area contributed by atoms with Crippen molar-refractivity contribution < 1.29 is 9.53 Å². The smallest absolute Gasteiger partial charge is 0.407 e. The number of likely N-dealkylation sites (tertiary alicyclic amines) is 2. The molecule has 6 nitrogen and oxygen atoms in total. The van der Waals surface area contributed by atoms with Crippen molar-refractivity contribution in [1.29, 1.82) is 0 Å². The molecule has 2 fully saturated rings. The van der Waals surface area contributed by atoms with Gasteiger partial charge in [0, 0.05) is 38.3 Å². The number of ether oxygens (including phenoxy) is 1. The molecule has 0 aromatic heterocycles. The van der Waals surface area contributed by atoms with Gasteiger partial charge in [-0.25, -0.2) is 4.79 Å². The summed E-state index contributed by atoms with van der Waals surface area (Å²) in [6.07, 6.45) is 2.07. The van der Waals surface area contributed by atoms with E-state index >= 15 is 0 Å². The zero-order chi connectivity index (χ0) is 25.0. The second-order valence-corrected chi connectivity index (χ2v) is 10.1. The number of rotatable bonds is 6. The van der Waals surface area contributed by atoms with Gasteiger partial charge in [0.05, 0.1) is 7.11 Å². The van der Waals surface area contributed by atoms with E-state index in [0.29, 0.717) is 12.0 Å². The summed E-state index contributed by atoms with van der Waals surface area (Å²) in [5, 5.41) is 6.36. The predicted molar refractivity (Wildman–Crippen MR) is 143 cm³/mol. The van der Waals surface area contributed by atoms with Crippen LogP contribution in [0.4, 0.5) is 4.79 Å². The number of methoxy groups -OCH3 is 1. The van der Waals surface area contributed by atoms with Crippen LogP contribution in [0.3, 0.4) is 0 Å². The highest BCUT2D eigenvalue weighted by atomic mass is 16.5. The number of amides is 1. The SMILES string of the molecule is CNC1CN(Cc2ccccc2)CCC1C.COC(=O)NC1CN(Cc2ccccc2)CCC1C. The quantitative estimate of drug-likeness (QED) is 0.643. The molecule has 2 aromatic rings. The number of carbonyl (C=O) groups is 1. The van der Waals surface area contributed by atoms with Crippen molar-refractivity contribution in [3.63, 3.8) is 0 Å². The van der Waals surface area contributed by atoms with Gasteiger partial charge in [-0.15, -0.1) is 0 Å². The van der Waals surface area contributed by atoms with Crippen LogP contribution in [-0.4, -0.2) is 68.3 Å². The molecule has 6 heteroatoms.